The molecule has 3 N–H and O–H groups in total. The lowest BCUT2D eigenvalue weighted by Crippen LogP contribution is -2.55. The lowest BCUT2D eigenvalue weighted by Gasteiger charge is -2.37. The number of amides is 3. The van der Waals surface area contributed by atoms with E-state index in [4.69, 9.17) is 5.73 Å². The molecule has 124 valence electrons. The monoisotopic (exact) mass is 311 g/mol. The Bertz CT molecular complexity index is 491. The Morgan fingerprint density at radius 2 is 1.95 bits per heavy atom. The molecule has 2 aliphatic rings. The van der Waals surface area contributed by atoms with E-state index in [-0.39, 0.29) is 30.7 Å². The summed E-state index contributed by atoms with van der Waals surface area (Å²) in [6, 6.07) is -1.04. The fourth-order valence-electron chi connectivity index (χ4n) is 3.69. The topological polar surface area (TPSA) is 104 Å². The summed E-state index contributed by atoms with van der Waals surface area (Å²) in [5.41, 5.74) is 4.78. The summed E-state index contributed by atoms with van der Waals surface area (Å²) < 4.78 is 0. The summed E-state index contributed by atoms with van der Waals surface area (Å²) in [7, 11) is 0. The summed E-state index contributed by atoms with van der Waals surface area (Å²) in [6.07, 6.45) is 0.739. The van der Waals surface area contributed by atoms with Gasteiger partial charge < -0.3 is 20.6 Å². The normalized spacial score (nSPS) is 27.8. The summed E-state index contributed by atoms with van der Waals surface area (Å²) in [6.45, 7) is 6.02. The largest absolute Gasteiger partial charge is 0.391 e. The van der Waals surface area contributed by atoms with Crippen molar-refractivity contribution < 1.29 is 19.5 Å². The third kappa shape index (κ3) is 2.69. The third-order valence-corrected chi connectivity index (χ3v) is 4.71. The van der Waals surface area contributed by atoms with Crippen LogP contribution in [0.1, 0.15) is 40.0 Å². The molecule has 1 spiro atoms. The molecule has 0 unspecified atom stereocenters. The lowest BCUT2D eigenvalue weighted by molar-refractivity contribution is -0.139. The van der Waals surface area contributed by atoms with E-state index in [0.717, 1.165) is 12.8 Å². The van der Waals surface area contributed by atoms with Crippen LogP contribution in [0.5, 0.6) is 0 Å². The number of hydrogen-bond donors (Lipinski definition) is 2. The molecule has 0 aromatic rings. The molecule has 0 aromatic carbocycles. The van der Waals surface area contributed by atoms with Gasteiger partial charge in [-0.2, -0.15) is 0 Å². The highest BCUT2D eigenvalue weighted by molar-refractivity contribution is 5.90. The zero-order chi connectivity index (χ0) is 16.7. The Morgan fingerprint density at radius 1 is 1.32 bits per heavy atom. The van der Waals surface area contributed by atoms with Crippen molar-refractivity contribution in [2.45, 2.75) is 57.7 Å². The average Bonchev–Trinajstić information content (AvgIpc) is 2.92. The fraction of sp³-hybridized carbons (Fsp3) is 0.800. The quantitative estimate of drug-likeness (QED) is 0.728. The van der Waals surface area contributed by atoms with Crippen LogP contribution in [0.2, 0.25) is 0 Å². The fourth-order valence-corrected chi connectivity index (χ4v) is 3.69. The van der Waals surface area contributed by atoms with Crippen molar-refractivity contribution in [3.05, 3.63) is 0 Å². The average molecular weight is 311 g/mol. The van der Waals surface area contributed by atoms with Gasteiger partial charge in [0.15, 0.2) is 0 Å². The standard InChI is InChI=1S/C15H25N3O4/c1-9(2)14(22)18-6-4-5-15(18)7-11(20)17(8-15)12(10(3)19)13(16)21/h9-10,12,19H,4-8H2,1-3H3,(H2,16,21)/t10-,12+,15-/m1/s1. The van der Waals surface area contributed by atoms with Crippen LogP contribution in [0.3, 0.4) is 0 Å². The molecule has 2 rings (SSSR count). The number of likely N-dealkylation sites (tertiary alicyclic amines) is 2. The number of hydrogen-bond acceptors (Lipinski definition) is 4. The maximum atomic E-state index is 12.4. The van der Waals surface area contributed by atoms with Crippen LogP contribution in [-0.2, 0) is 14.4 Å². The first-order chi connectivity index (χ1) is 10.2. The van der Waals surface area contributed by atoms with E-state index in [0.29, 0.717) is 6.54 Å². The van der Waals surface area contributed by atoms with Gasteiger partial charge in [-0.3, -0.25) is 14.4 Å². The lowest BCUT2D eigenvalue weighted by atomic mass is 9.94. The molecule has 2 fully saturated rings. The molecule has 0 radical (unpaired) electrons. The second kappa shape index (κ2) is 5.87. The highest BCUT2D eigenvalue weighted by atomic mass is 16.3. The Kier molecular flexibility index (Phi) is 4.47. The first-order valence-electron chi connectivity index (χ1n) is 7.78. The van der Waals surface area contributed by atoms with E-state index >= 15 is 0 Å². The SMILES string of the molecule is CC(C)C(=O)N1CCC[C@]12CC(=O)N([C@H](C(N)=O)[C@@H](C)O)C2. The molecule has 2 aliphatic heterocycles. The van der Waals surface area contributed by atoms with Gasteiger partial charge >= 0.3 is 0 Å². The second-order valence-electron chi connectivity index (χ2n) is 6.76. The van der Waals surface area contributed by atoms with Crippen molar-refractivity contribution in [1.82, 2.24) is 9.80 Å². The van der Waals surface area contributed by atoms with E-state index in [1.807, 2.05) is 13.8 Å². The van der Waals surface area contributed by atoms with Crippen LogP contribution in [0.25, 0.3) is 0 Å². The van der Waals surface area contributed by atoms with Crippen molar-refractivity contribution in [2.75, 3.05) is 13.1 Å². The molecule has 0 saturated carbocycles. The van der Waals surface area contributed by atoms with Crippen LogP contribution in [-0.4, -0.2) is 63.4 Å². The van der Waals surface area contributed by atoms with Crippen LogP contribution in [0, 0.1) is 5.92 Å². The van der Waals surface area contributed by atoms with Crippen molar-refractivity contribution in [2.24, 2.45) is 11.7 Å². The maximum Gasteiger partial charge on any atom is 0.242 e. The van der Waals surface area contributed by atoms with E-state index in [1.165, 1.54) is 11.8 Å². The van der Waals surface area contributed by atoms with Gasteiger partial charge in [0.05, 0.1) is 18.1 Å². The van der Waals surface area contributed by atoms with Gasteiger partial charge in [-0.1, -0.05) is 13.8 Å². The minimum Gasteiger partial charge on any atom is -0.391 e. The van der Waals surface area contributed by atoms with Crippen molar-refractivity contribution in [3.8, 4) is 0 Å². The predicted molar refractivity (Wildman–Crippen MR) is 79.5 cm³/mol. The highest BCUT2D eigenvalue weighted by Gasteiger charge is 2.54. The van der Waals surface area contributed by atoms with E-state index in [1.54, 1.807) is 4.90 Å². The molecule has 0 aliphatic carbocycles. The molecular weight excluding hydrogens is 286 g/mol. The number of nitrogens with two attached hydrogens (primary N) is 1. The van der Waals surface area contributed by atoms with Crippen LogP contribution < -0.4 is 5.73 Å². The van der Waals surface area contributed by atoms with Gasteiger partial charge in [0.25, 0.3) is 0 Å². The van der Waals surface area contributed by atoms with Gasteiger partial charge in [-0.25, -0.2) is 0 Å². The smallest absolute Gasteiger partial charge is 0.242 e. The van der Waals surface area contributed by atoms with E-state index < -0.39 is 23.6 Å². The minimum atomic E-state index is -1.04. The molecule has 0 aromatic heterocycles. The molecule has 0 bridgehead atoms. The Hall–Kier alpha value is -1.63. The second-order valence-corrected chi connectivity index (χ2v) is 6.76. The molecule has 22 heavy (non-hydrogen) atoms. The van der Waals surface area contributed by atoms with Gasteiger partial charge in [-0.15, -0.1) is 0 Å². The Labute approximate surface area is 130 Å². The van der Waals surface area contributed by atoms with Crippen molar-refractivity contribution in [3.63, 3.8) is 0 Å². The zero-order valence-electron chi connectivity index (χ0n) is 13.4. The Morgan fingerprint density at radius 3 is 2.45 bits per heavy atom. The van der Waals surface area contributed by atoms with Crippen LogP contribution in [0.15, 0.2) is 0 Å². The number of nitrogens with zero attached hydrogens (tertiary/aromatic N) is 2. The van der Waals surface area contributed by atoms with Crippen LogP contribution >= 0.6 is 0 Å². The first kappa shape index (κ1) is 16.7. The third-order valence-electron chi connectivity index (χ3n) is 4.71. The minimum absolute atomic E-state index is 0.0276. The van der Waals surface area contributed by atoms with Gasteiger partial charge in [0, 0.05) is 19.0 Å². The molecule has 2 heterocycles. The molecule has 2 saturated heterocycles. The summed E-state index contributed by atoms with van der Waals surface area (Å²) >= 11 is 0. The Balaban J connectivity index is 2.27. The first-order valence-corrected chi connectivity index (χ1v) is 7.78. The summed E-state index contributed by atoms with van der Waals surface area (Å²) in [4.78, 5) is 39.5. The molecule has 3 atom stereocenters. The summed E-state index contributed by atoms with van der Waals surface area (Å²) in [5.74, 6) is -1.06. The molecule has 3 amide bonds. The number of rotatable bonds is 4. The van der Waals surface area contributed by atoms with Crippen LogP contribution in [0.4, 0.5) is 0 Å². The van der Waals surface area contributed by atoms with Gasteiger partial charge in [0.1, 0.15) is 6.04 Å². The van der Waals surface area contributed by atoms with E-state index in [9.17, 15) is 19.5 Å². The summed E-state index contributed by atoms with van der Waals surface area (Å²) in [5, 5.41) is 9.78. The highest BCUT2D eigenvalue weighted by Crippen LogP contribution is 2.40. The predicted octanol–water partition coefficient (Wildman–Crippen LogP) is -0.529. The number of aliphatic hydroxyl groups excluding tert-OH is 1. The molecule has 7 heteroatoms. The van der Waals surface area contributed by atoms with Crippen molar-refractivity contribution >= 4 is 17.7 Å². The number of carbonyl (C=O) groups excluding carboxylic acids is 3. The number of carbonyl (C=O) groups is 3. The number of aliphatic hydroxyl groups is 1. The van der Waals surface area contributed by atoms with E-state index in [2.05, 4.69) is 0 Å². The van der Waals surface area contributed by atoms with Gasteiger partial charge in [0.2, 0.25) is 17.7 Å². The maximum absolute atomic E-state index is 12.4. The molecule has 7 nitrogen and oxygen atoms in total. The van der Waals surface area contributed by atoms with Crippen molar-refractivity contribution in [1.29, 1.82) is 0 Å². The zero-order valence-corrected chi connectivity index (χ0v) is 13.4. The molecular formula is C15H25N3O4. The van der Waals surface area contributed by atoms with Gasteiger partial charge in [-0.05, 0) is 19.8 Å². The number of primary amides is 1.